The first kappa shape index (κ1) is 13.6. The summed E-state index contributed by atoms with van der Waals surface area (Å²) >= 11 is 0. The second-order valence-corrected chi connectivity index (χ2v) is 5.79. The number of hydrogen-bond donors (Lipinski definition) is 1. The van der Waals surface area contributed by atoms with E-state index in [1.165, 1.54) is 36.5 Å². The first-order valence-corrected chi connectivity index (χ1v) is 7.50. The van der Waals surface area contributed by atoms with Crippen LogP contribution in [0.3, 0.4) is 0 Å². The van der Waals surface area contributed by atoms with Crippen LogP contribution in [0.5, 0.6) is 0 Å². The third-order valence-corrected chi connectivity index (χ3v) is 3.70. The maximum Gasteiger partial charge on any atom is 0.109 e. The average molecular weight is 249 g/mol. The Morgan fingerprint density at radius 3 is 2.94 bits per heavy atom. The molecule has 0 amide bonds. The third kappa shape index (κ3) is 3.14. The van der Waals surface area contributed by atoms with Gasteiger partial charge in [0.1, 0.15) is 5.82 Å². The van der Waals surface area contributed by atoms with Crippen molar-refractivity contribution in [2.24, 2.45) is 5.92 Å². The Kier molecular flexibility index (Phi) is 4.81. The second-order valence-electron chi connectivity index (χ2n) is 5.79. The Balaban J connectivity index is 2.11. The molecular formula is C15H27N3. The van der Waals surface area contributed by atoms with Gasteiger partial charge in [0.15, 0.2) is 0 Å². The molecular weight excluding hydrogens is 222 g/mol. The largest absolute Gasteiger partial charge is 0.332 e. The molecule has 2 rings (SSSR count). The molecule has 0 aromatic carbocycles. The molecule has 0 atom stereocenters. The lowest BCUT2D eigenvalue weighted by Gasteiger charge is -2.16. The van der Waals surface area contributed by atoms with Crippen LogP contribution in [0.4, 0.5) is 0 Å². The van der Waals surface area contributed by atoms with E-state index in [0.29, 0.717) is 0 Å². The Hall–Kier alpha value is -0.830. The van der Waals surface area contributed by atoms with Gasteiger partial charge in [0.05, 0.1) is 5.69 Å². The van der Waals surface area contributed by atoms with Crippen LogP contribution in [0.1, 0.15) is 57.2 Å². The third-order valence-electron chi connectivity index (χ3n) is 3.70. The van der Waals surface area contributed by atoms with E-state index in [1.807, 2.05) is 0 Å². The quantitative estimate of drug-likeness (QED) is 0.840. The molecule has 2 heterocycles. The summed E-state index contributed by atoms with van der Waals surface area (Å²) in [5, 5.41) is 3.42. The molecule has 1 aliphatic rings. The molecule has 1 aromatic rings. The summed E-state index contributed by atoms with van der Waals surface area (Å²) in [7, 11) is 0. The van der Waals surface area contributed by atoms with Crippen molar-refractivity contribution >= 4 is 0 Å². The van der Waals surface area contributed by atoms with Gasteiger partial charge < -0.3 is 9.88 Å². The zero-order chi connectivity index (χ0) is 13.0. The van der Waals surface area contributed by atoms with Gasteiger partial charge in [-0.3, -0.25) is 0 Å². The first-order chi connectivity index (χ1) is 8.72. The second kappa shape index (κ2) is 6.37. The molecule has 0 bridgehead atoms. The fourth-order valence-corrected chi connectivity index (χ4v) is 2.76. The van der Waals surface area contributed by atoms with Crippen molar-refractivity contribution in [2.75, 3.05) is 6.54 Å². The number of rotatable bonds is 6. The standard InChI is InChI=1S/C15H27N3/c1-4-6-15-17-13-11-16-9-8-14(13)18(15)10-5-7-12(2)3/h12,16H,4-11H2,1-3H3. The Morgan fingerprint density at radius 1 is 1.39 bits per heavy atom. The van der Waals surface area contributed by atoms with Crippen LogP contribution in [0.25, 0.3) is 0 Å². The summed E-state index contributed by atoms with van der Waals surface area (Å²) in [5.74, 6) is 2.12. The van der Waals surface area contributed by atoms with Crippen molar-refractivity contribution in [2.45, 2.75) is 66.0 Å². The van der Waals surface area contributed by atoms with Crippen LogP contribution in [0, 0.1) is 5.92 Å². The van der Waals surface area contributed by atoms with Crippen LogP contribution < -0.4 is 5.32 Å². The predicted octanol–water partition coefficient (Wildman–Crippen LogP) is 2.92. The molecule has 0 radical (unpaired) electrons. The van der Waals surface area contributed by atoms with Crippen molar-refractivity contribution in [1.82, 2.24) is 14.9 Å². The van der Waals surface area contributed by atoms with Crippen molar-refractivity contribution in [1.29, 1.82) is 0 Å². The number of aryl methyl sites for hydroxylation is 1. The van der Waals surface area contributed by atoms with Gasteiger partial charge in [0.2, 0.25) is 0 Å². The van der Waals surface area contributed by atoms with Crippen molar-refractivity contribution in [3.63, 3.8) is 0 Å². The van der Waals surface area contributed by atoms with E-state index >= 15 is 0 Å². The molecule has 1 aliphatic heterocycles. The minimum absolute atomic E-state index is 0.806. The van der Waals surface area contributed by atoms with E-state index in [2.05, 4.69) is 30.7 Å². The number of imidazole rings is 1. The maximum absolute atomic E-state index is 4.84. The highest BCUT2D eigenvalue weighted by molar-refractivity contribution is 5.20. The van der Waals surface area contributed by atoms with Gasteiger partial charge in [0.25, 0.3) is 0 Å². The summed E-state index contributed by atoms with van der Waals surface area (Å²) in [5.41, 5.74) is 2.80. The highest BCUT2D eigenvalue weighted by atomic mass is 15.1. The Bertz CT molecular complexity index is 379. The SMILES string of the molecule is CCCc1nc2c(n1CCCC(C)C)CCNC2. The van der Waals surface area contributed by atoms with Gasteiger partial charge >= 0.3 is 0 Å². The molecule has 1 aromatic heterocycles. The Morgan fingerprint density at radius 2 is 2.22 bits per heavy atom. The molecule has 0 unspecified atom stereocenters. The number of nitrogens with zero attached hydrogens (tertiary/aromatic N) is 2. The lowest BCUT2D eigenvalue weighted by molar-refractivity contribution is 0.490. The highest BCUT2D eigenvalue weighted by Crippen LogP contribution is 2.19. The highest BCUT2D eigenvalue weighted by Gasteiger charge is 2.18. The predicted molar refractivity (Wildman–Crippen MR) is 75.7 cm³/mol. The molecule has 1 N–H and O–H groups in total. The molecule has 0 fully saturated rings. The zero-order valence-corrected chi connectivity index (χ0v) is 12.1. The van der Waals surface area contributed by atoms with E-state index in [0.717, 1.165) is 38.4 Å². The lowest BCUT2D eigenvalue weighted by Crippen LogP contribution is -2.25. The normalized spacial score (nSPS) is 15.1. The van der Waals surface area contributed by atoms with Crippen LogP contribution in [-0.2, 0) is 25.9 Å². The van der Waals surface area contributed by atoms with Crippen molar-refractivity contribution in [3.05, 3.63) is 17.2 Å². The van der Waals surface area contributed by atoms with Gasteiger partial charge in [0, 0.05) is 38.2 Å². The lowest BCUT2D eigenvalue weighted by atomic mass is 10.1. The monoisotopic (exact) mass is 249 g/mol. The maximum atomic E-state index is 4.84. The van der Waals surface area contributed by atoms with Gasteiger partial charge in [-0.05, 0) is 25.2 Å². The smallest absolute Gasteiger partial charge is 0.109 e. The molecule has 3 heteroatoms. The zero-order valence-electron chi connectivity index (χ0n) is 12.1. The van der Waals surface area contributed by atoms with E-state index in [4.69, 9.17) is 4.98 Å². The van der Waals surface area contributed by atoms with E-state index in [9.17, 15) is 0 Å². The van der Waals surface area contributed by atoms with Gasteiger partial charge in [-0.2, -0.15) is 0 Å². The summed E-state index contributed by atoms with van der Waals surface area (Å²) < 4.78 is 2.52. The van der Waals surface area contributed by atoms with E-state index in [-0.39, 0.29) is 0 Å². The summed E-state index contributed by atoms with van der Waals surface area (Å²) in [6.07, 6.45) is 6.05. The topological polar surface area (TPSA) is 29.9 Å². The minimum atomic E-state index is 0.806. The summed E-state index contributed by atoms with van der Waals surface area (Å²) in [4.78, 5) is 4.84. The van der Waals surface area contributed by atoms with Crippen LogP contribution in [-0.4, -0.2) is 16.1 Å². The Labute approximate surface area is 111 Å². The fraction of sp³-hybridized carbons (Fsp3) is 0.800. The first-order valence-electron chi connectivity index (χ1n) is 7.50. The molecule has 0 saturated heterocycles. The average Bonchev–Trinajstić information content (AvgIpc) is 2.68. The van der Waals surface area contributed by atoms with Gasteiger partial charge in [-0.1, -0.05) is 20.8 Å². The van der Waals surface area contributed by atoms with Crippen molar-refractivity contribution < 1.29 is 0 Å². The molecule has 0 aliphatic carbocycles. The number of aromatic nitrogens is 2. The number of nitrogens with one attached hydrogen (secondary N) is 1. The molecule has 102 valence electrons. The molecule has 18 heavy (non-hydrogen) atoms. The molecule has 0 saturated carbocycles. The van der Waals surface area contributed by atoms with Crippen molar-refractivity contribution in [3.8, 4) is 0 Å². The summed E-state index contributed by atoms with van der Waals surface area (Å²) in [6, 6.07) is 0. The fourth-order valence-electron chi connectivity index (χ4n) is 2.76. The van der Waals surface area contributed by atoms with E-state index in [1.54, 1.807) is 0 Å². The van der Waals surface area contributed by atoms with Crippen LogP contribution >= 0.6 is 0 Å². The molecule has 3 nitrogen and oxygen atoms in total. The minimum Gasteiger partial charge on any atom is -0.332 e. The number of hydrogen-bond acceptors (Lipinski definition) is 2. The number of fused-ring (bicyclic) bond motifs is 1. The van der Waals surface area contributed by atoms with Crippen LogP contribution in [0.15, 0.2) is 0 Å². The molecule has 0 spiro atoms. The summed E-state index contributed by atoms with van der Waals surface area (Å²) in [6.45, 7) is 10.1. The van der Waals surface area contributed by atoms with E-state index < -0.39 is 0 Å². The van der Waals surface area contributed by atoms with Crippen LogP contribution in [0.2, 0.25) is 0 Å². The van der Waals surface area contributed by atoms with Gasteiger partial charge in [-0.25, -0.2) is 4.98 Å². The van der Waals surface area contributed by atoms with Gasteiger partial charge in [-0.15, -0.1) is 0 Å².